The Morgan fingerprint density at radius 2 is 2.14 bits per heavy atom. The van der Waals surface area contributed by atoms with Crippen LogP contribution in [-0.2, 0) is 13.1 Å². The van der Waals surface area contributed by atoms with Gasteiger partial charge in [0.1, 0.15) is 5.75 Å². The van der Waals surface area contributed by atoms with E-state index in [1.165, 1.54) is 5.69 Å². The second kappa shape index (κ2) is 7.61. The summed E-state index contributed by atoms with van der Waals surface area (Å²) in [4.78, 5) is 0. The Labute approximate surface area is 134 Å². The van der Waals surface area contributed by atoms with Gasteiger partial charge in [-0.05, 0) is 36.7 Å². The highest BCUT2D eigenvalue weighted by Gasteiger charge is 2.08. The van der Waals surface area contributed by atoms with E-state index >= 15 is 0 Å². The molecule has 2 rings (SSSR count). The van der Waals surface area contributed by atoms with E-state index in [0.29, 0.717) is 12.5 Å². The average molecular weight is 352 g/mol. The molecule has 114 valence electrons. The third kappa shape index (κ3) is 4.58. The molecule has 2 aromatic rings. The molecule has 0 aliphatic carbocycles. The second-order valence-electron chi connectivity index (χ2n) is 5.46. The number of aromatic nitrogens is 2. The van der Waals surface area contributed by atoms with Gasteiger partial charge in [-0.25, -0.2) is 0 Å². The van der Waals surface area contributed by atoms with Gasteiger partial charge in [-0.2, -0.15) is 5.10 Å². The summed E-state index contributed by atoms with van der Waals surface area (Å²) >= 11 is 3.51. The molecule has 0 fully saturated rings. The molecule has 4 nitrogen and oxygen atoms in total. The maximum atomic E-state index is 5.42. The topological polar surface area (TPSA) is 39.1 Å². The van der Waals surface area contributed by atoms with E-state index < -0.39 is 0 Å². The largest absolute Gasteiger partial charge is 0.496 e. The van der Waals surface area contributed by atoms with Crippen LogP contribution in [0.4, 0.5) is 0 Å². The Morgan fingerprint density at radius 3 is 2.86 bits per heavy atom. The van der Waals surface area contributed by atoms with Gasteiger partial charge in [-0.15, -0.1) is 0 Å². The lowest BCUT2D eigenvalue weighted by molar-refractivity contribution is 0.406. The quantitative estimate of drug-likeness (QED) is 0.830. The number of benzene rings is 1. The predicted octanol–water partition coefficient (Wildman–Crippen LogP) is 3.45. The molecule has 0 unspecified atom stereocenters. The van der Waals surface area contributed by atoms with Crippen LogP contribution in [-0.4, -0.2) is 23.4 Å². The molecule has 0 saturated heterocycles. The van der Waals surface area contributed by atoms with Gasteiger partial charge in [0.15, 0.2) is 0 Å². The Balaban J connectivity index is 2.10. The van der Waals surface area contributed by atoms with Crippen molar-refractivity contribution in [1.82, 2.24) is 15.1 Å². The highest BCUT2D eigenvalue weighted by Crippen LogP contribution is 2.24. The first kappa shape index (κ1) is 16.0. The van der Waals surface area contributed by atoms with Crippen LogP contribution in [0.1, 0.15) is 25.1 Å². The van der Waals surface area contributed by atoms with Gasteiger partial charge in [0.25, 0.3) is 0 Å². The van der Waals surface area contributed by atoms with Crippen molar-refractivity contribution in [3.05, 3.63) is 46.2 Å². The standard InChI is InChI=1S/C16H22BrN3O/c1-12(2)9-18-10-15-6-7-19-20(15)11-13-8-14(17)4-5-16(13)21-3/h4-8,12,18H,9-11H2,1-3H3. The average Bonchev–Trinajstić information content (AvgIpc) is 2.86. The molecule has 1 heterocycles. The number of nitrogens with zero attached hydrogens (tertiary/aromatic N) is 2. The van der Waals surface area contributed by atoms with Gasteiger partial charge in [0, 0.05) is 22.8 Å². The van der Waals surface area contributed by atoms with Crippen molar-refractivity contribution in [3.63, 3.8) is 0 Å². The number of rotatable bonds is 7. The Bertz CT molecular complexity index is 581. The molecule has 0 saturated carbocycles. The third-order valence-corrected chi connectivity index (χ3v) is 3.72. The van der Waals surface area contributed by atoms with Crippen LogP contribution in [0.2, 0.25) is 0 Å². The molecule has 5 heteroatoms. The first-order valence-electron chi connectivity index (χ1n) is 7.14. The first-order valence-corrected chi connectivity index (χ1v) is 7.93. The van der Waals surface area contributed by atoms with Crippen molar-refractivity contribution in [2.45, 2.75) is 26.9 Å². The Morgan fingerprint density at radius 1 is 1.33 bits per heavy atom. The molecule has 21 heavy (non-hydrogen) atoms. The minimum Gasteiger partial charge on any atom is -0.496 e. The van der Waals surface area contributed by atoms with E-state index in [1.54, 1.807) is 7.11 Å². The number of ether oxygens (including phenoxy) is 1. The van der Waals surface area contributed by atoms with Crippen LogP contribution >= 0.6 is 15.9 Å². The fourth-order valence-electron chi connectivity index (χ4n) is 2.17. The van der Waals surface area contributed by atoms with Crippen molar-refractivity contribution in [1.29, 1.82) is 0 Å². The molecule has 0 atom stereocenters. The normalized spacial score (nSPS) is 11.1. The minimum absolute atomic E-state index is 0.645. The van der Waals surface area contributed by atoms with E-state index in [2.05, 4.69) is 52.3 Å². The maximum absolute atomic E-state index is 5.42. The number of halogens is 1. The van der Waals surface area contributed by atoms with Crippen molar-refractivity contribution < 1.29 is 4.74 Å². The zero-order valence-corrected chi connectivity index (χ0v) is 14.4. The number of hydrogen-bond donors (Lipinski definition) is 1. The van der Waals surface area contributed by atoms with E-state index in [9.17, 15) is 0 Å². The van der Waals surface area contributed by atoms with Gasteiger partial charge in [-0.1, -0.05) is 29.8 Å². The zero-order chi connectivity index (χ0) is 15.2. The zero-order valence-electron chi connectivity index (χ0n) is 12.8. The highest BCUT2D eigenvalue weighted by atomic mass is 79.9. The van der Waals surface area contributed by atoms with Crippen molar-refractivity contribution in [3.8, 4) is 5.75 Å². The minimum atomic E-state index is 0.645. The number of hydrogen-bond acceptors (Lipinski definition) is 3. The van der Waals surface area contributed by atoms with Crippen LogP contribution in [0.3, 0.4) is 0 Å². The van der Waals surface area contributed by atoms with Crippen LogP contribution in [0, 0.1) is 5.92 Å². The van der Waals surface area contributed by atoms with Crippen molar-refractivity contribution in [2.75, 3.05) is 13.7 Å². The van der Waals surface area contributed by atoms with E-state index in [4.69, 9.17) is 4.74 Å². The van der Waals surface area contributed by atoms with E-state index in [0.717, 1.165) is 28.9 Å². The molecule has 0 aliphatic rings. The van der Waals surface area contributed by atoms with Gasteiger partial charge in [-0.3, -0.25) is 4.68 Å². The lowest BCUT2D eigenvalue weighted by atomic mass is 10.2. The summed E-state index contributed by atoms with van der Waals surface area (Å²) in [6.45, 7) is 6.95. The lowest BCUT2D eigenvalue weighted by Crippen LogP contribution is -2.21. The molecule has 1 aromatic heterocycles. The smallest absolute Gasteiger partial charge is 0.124 e. The second-order valence-corrected chi connectivity index (χ2v) is 6.38. The molecular formula is C16H22BrN3O. The summed E-state index contributed by atoms with van der Waals surface area (Å²) in [5.74, 6) is 1.53. The number of nitrogens with one attached hydrogen (secondary N) is 1. The number of methoxy groups -OCH3 is 1. The summed E-state index contributed by atoms with van der Waals surface area (Å²) < 4.78 is 8.48. The lowest BCUT2D eigenvalue weighted by Gasteiger charge is -2.13. The first-order chi connectivity index (χ1) is 10.1. The monoisotopic (exact) mass is 351 g/mol. The van der Waals surface area contributed by atoms with Gasteiger partial charge in [0.05, 0.1) is 19.3 Å². The summed E-state index contributed by atoms with van der Waals surface area (Å²) in [5.41, 5.74) is 2.29. The predicted molar refractivity (Wildman–Crippen MR) is 88.6 cm³/mol. The van der Waals surface area contributed by atoms with Crippen molar-refractivity contribution in [2.24, 2.45) is 5.92 Å². The van der Waals surface area contributed by atoms with Crippen LogP contribution in [0.5, 0.6) is 5.75 Å². The third-order valence-electron chi connectivity index (χ3n) is 3.23. The highest BCUT2D eigenvalue weighted by molar-refractivity contribution is 9.10. The van der Waals surface area contributed by atoms with E-state index in [1.807, 2.05) is 23.0 Å². The van der Waals surface area contributed by atoms with E-state index in [-0.39, 0.29) is 0 Å². The summed E-state index contributed by atoms with van der Waals surface area (Å²) in [6.07, 6.45) is 1.84. The molecule has 0 spiro atoms. The molecule has 0 aliphatic heterocycles. The molecule has 1 aromatic carbocycles. The summed E-state index contributed by atoms with van der Waals surface area (Å²) in [5, 5.41) is 7.87. The summed E-state index contributed by atoms with van der Waals surface area (Å²) in [6, 6.07) is 8.08. The summed E-state index contributed by atoms with van der Waals surface area (Å²) in [7, 11) is 1.70. The SMILES string of the molecule is COc1ccc(Br)cc1Cn1nccc1CNCC(C)C. The Kier molecular flexibility index (Phi) is 5.82. The van der Waals surface area contributed by atoms with Crippen LogP contribution in [0.25, 0.3) is 0 Å². The molecule has 0 bridgehead atoms. The van der Waals surface area contributed by atoms with Crippen LogP contribution in [0.15, 0.2) is 34.9 Å². The van der Waals surface area contributed by atoms with Gasteiger partial charge in [0.2, 0.25) is 0 Å². The fraction of sp³-hybridized carbons (Fsp3) is 0.438. The van der Waals surface area contributed by atoms with Gasteiger partial charge >= 0.3 is 0 Å². The Hall–Kier alpha value is -1.33. The maximum Gasteiger partial charge on any atom is 0.124 e. The van der Waals surface area contributed by atoms with Crippen LogP contribution < -0.4 is 10.1 Å². The molecule has 0 radical (unpaired) electrons. The fourth-order valence-corrected chi connectivity index (χ4v) is 2.58. The molecule has 1 N–H and O–H groups in total. The van der Waals surface area contributed by atoms with Crippen molar-refractivity contribution >= 4 is 15.9 Å². The molecule has 0 amide bonds. The molecular weight excluding hydrogens is 330 g/mol. The van der Waals surface area contributed by atoms with Gasteiger partial charge < -0.3 is 10.1 Å².